The Kier molecular flexibility index (Phi) is 6.18. The van der Waals surface area contributed by atoms with Crippen LogP contribution < -0.4 is 9.47 Å². The maximum Gasteiger partial charge on any atom is 0.573 e. The van der Waals surface area contributed by atoms with Gasteiger partial charge in [-0.15, -0.1) is 23.3 Å². The maximum absolute atomic E-state index is 13.2. The standard InChI is InChI=1S/C23H21F3N4O4/c1-14(2)18-19(33-22-27-21(28-30(18)22)32-16-9-5-4-6-10-16)20(31)29(3)13-15-8-7-11-17(12-15)34-23(24,25)26/h4-12,14H,13H2,1-3H3. The Morgan fingerprint density at radius 3 is 2.50 bits per heavy atom. The van der Waals surface area contributed by atoms with Gasteiger partial charge in [0.05, 0.1) is 5.69 Å². The predicted octanol–water partition coefficient (Wildman–Crippen LogP) is 5.41. The van der Waals surface area contributed by atoms with Crippen LogP contribution in [0.25, 0.3) is 5.84 Å². The lowest BCUT2D eigenvalue weighted by molar-refractivity contribution is -0.274. The highest BCUT2D eigenvalue weighted by atomic mass is 19.4. The summed E-state index contributed by atoms with van der Waals surface area (Å²) in [6.45, 7) is 3.78. The average molecular weight is 474 g/mol. The fourth-order valence-electron chi connectivity index (χ4n) is 3.40. The molecule has 2 aromatic carbocycles. The number of carbonyl (C=O) groups excluding carboxylic acids is 1. The number of carbonyl (C=O) groups is 1. The highest BCUT2D eigenvalue weighted by Gasteiger charge is 2.31. The molecule has 0 spiro atoms. The minimum Gasteiger partial charge on any atom is -0.423 e. The molecule has 0 atom stereocenters. The quantitative estimate of drug-likeness (QED) is 0.356. The Morgan fingerprint density at radius 1 is 1.12 bits per heavy atom. The van der Waals surface area contributed by atoms with Gasteiger partial charge in [-0.3, -0.25) is 4.79 Å². The molecule has 34 heavy (non-hydrogen) atoms. The Morgan fingerprint density at radius 2 is 1.82 bits per heavy atom. The first-order valence-electron chi connectivity index (χ1n) is 10.3. The number of alkyl halides is 3. The fourth-order valence-corrected chi connectivity index (χ4v) is 3.40. The molecule has 0 bridgehead atoms. The molecular weight excluding hydrogens is 453 g/mol. The zero-order chi connectivity index (χ0) is 24.5. The fraction of sp³-hybridized carbons (Fsp3) is 0.261. The van der Waals surface area contributed by atoms with E-state index in [0.29, 0.717) is 17.0 Å². The molecule has 0 saturated heterocycles. The Bertz CT molecular complexity index is 1300. The first-order valence-corrected chi connectivity index (χ1v) is 10.3. The maximum atomic E-state index is 13.2. The Balaban J connectivity index is 1.56. The molecule has 178 valence electrons. The van der Waals surface area contributed by atoms with Crippen molar-refractivity contribution in [2.24, 2.45) is 0 Å². The van der Waals surface area contributed by atoms with Gasteiger partial charge < -0.3 is 18.8 Å². The second kappa shape index (κ2) is 9.08. The van der Waals surface area contributed by atoms with Crippen molar-refractivity contribution in [1.82, 2.24) is 19.5 Å². The molecule has 0 N–H and O–H groups in total. The number of para-hydroxylation sites is 1. The topological polar surface area (TPSA) is 82.1 Å². The van der Waals surface area contributed by atoms with Crippen LogP contribution in [0.1, 0.15) is 41.6 Å². The number of oxazole rings is 1. The van der Waals surface area contributed by atoms with Crippen LogP contribution in [0, 0.1) is 0 Å². The van der Waals surface area contributed by atoms with Crippen molar-refractivity contribution in [2.45, 2.75) is 32.7 Å². The summed E-state index contributed by atoms with van der Waals surface area (Å²) < 4.78 is 54.3. The van der Waals surface area contributed by atoms with Gasteiger partial charge in [-0.2, -0.15) is 4.52 Å². The van der Waals surface area contributed by atoms with Crippen molar-refractivity contribution in [2.75, 3.05) is 7.05 Å². The molecule has 0 radical (unpaired) electrons. The van der Waals surface area contributed by atoms with Crippen LogP contribution in [-0.4, -0.2) is 38.8 Å². The van der Waals surface area contributed by atoms with Crippen LogP contribution in [0.15, 0.2) is 59.0 Å². The van der Waals surface area contributed by atoms with Gasteiger partial charge >= 0.3 is 18.2 Å². The molecule has 0 fully saturated rings. The van der Waals surface area contributed by atoms with E-state index in [1.165, 1.54) is 34.7 Å². The van der Waals surface area contributed by atoms with Gasteiger partial charge in [0, 0.05) is 13.6 Å². The largest absolute Gasteiger partial charge is 0.573 e. The van der Waals surface area contributed by atoms with E-state index >= 15 is 0 Å². The summed E-state index contributed by atoms with van der Waals surface area (Å²) in [4.78, 5) is 18.7. The van der Waals surface area contributed by atoms with Crippen LogP contribution >= 0.6 is 0 Å². The number of rotatable bonds is 7. The van der Waals surface area contributed by atoms with E-state index in [0.717, 1.165) is 0 Å². The first-order chi connectivity index (χ1) is 16.1. The molecule has 0 aliphatic heterocycles. The van der Waals surface area contributed by atoms with Gasteiger partial charge in [0.2, 0.25) is 5.76 Å². The van der Waals surface area contributed by atoms with Crippen LogP contribution in [0.5, 0.6) is 17.5 Å². The van der Waals surface area contributed by atoms with Crippen molar-refractivity contribution in [3.8, 4) is 17.5 Å². The minimum absolute atomic E-state index is 0.0320. The van der Waals surface area contributed by atoms with Gasteiger partial charge in [0.1, 0.15) is 11.5 Å². The molecule has 11 heteroatoms. The van der Waals surface area contributed by atoms with Crippen molar-refractivity contribution in [3.63, 3.8) is 0 Å². The molecule has 1 amide bonds. The molecule has 2 heterocycles. The van der Waals surface area contributed by atoms with Gasteiger partial charge in [-0.1, -0.05) is 44.2 Å². The normalized spacial score (nSPS) is 11.7. The Labute approximate surface area is 192 Å². The molecule has 4 aromatic rings. The van der Waals surface area contributed by atoms with Crippen molar-refractivity contribution < 1.29 is 31.9 Å². The number of benzene rings is 2. The molecule has 4 rings (SSSR count). The molecular formula is C23H21F3N4O4. The Hall–Kier alpha value is -4.02. The van der Waals surface area contributed by atoms with Gasteiger partial charge in [-0.05, 0) is 35.7 Å². The monoisotopic (exact) mass is 474 g/mol. The van der Waals surface area contributed by atoms with Crippen LogP contribution in [0.2, 0.25) is 0 Å². The molecule has 2 aromatic heterocycles. The number of hydrogen-bond donors (Lipinski definition) is 0. The minimum atomic E-state index is -4.80. The number of ether oxygens (including phenoxy) is 2. The lowest BCUT2D eigenvalue weighted by Crippen LogP contribution is -2.27. The van der Waals surface area contributed by atoms with Crippen molar-refractivity contribution in [3.05, 3.63) is 71.6 Å². The summed E-state index contributed by atoms with van der Waals surface area (Å²) in [6, 6.07) is 14.5. The molecule has 8 nitrogen and oxygen atoms in total. The van der Waals surface area contributed by atoms with Crippen molar-refractivity contribution in [1.29, 1.82) is 0 Å². The number of amides is 1. The summed E-state index contributed by atoms with van der Waals surface area (Å²) in [5, 5.41) is 4.32. The van der Waals surface area contributed by atoms with E-state index in [-0.39, 0.29) is 35.8 Å². The summed E-state index contributed by atoms with van der Waals surface area (Å²) in [5.41, 5.74) is 0.952. The second-order valence-electron chi connectivity index (χ2n) is 7.83. The van der Waals surface area contributed by atoms with E-state index in [1.807, 2.05) is 32.0 Å². The predicted molar refractivity (Wildman–Crippen MR) is 115 cm³/mol. The highest BCUT2D eigenvalue weighted by molar-refractivity contribution is 5.93. The first kappa shape index (κ1) is 23.1. The lowest BCUT2D eigenvalue weighted by atomic mass is 10.1. The molecule has 0 aliphatic carbocycles. The van der Waals surface area contributed by atoms with Crippen LogP contribution in [0.4, 0.5) is 13.2 Å². The van der Waals surface area contributed by atoms with Gasteiger partial charge in [0.15, 0.2) is 0 Å². The number of hydrogen-bond acceptors (Lipinski definition) is 6. The average Bonchev–Trinajstić information content (AvgIpc) is 3.29. The van der Waals surface area contributed by atoms with Gasteiger partial charge in [-0.25, -0.2) is 0 Å². The summed E-state index contributed by atoms with van der Waals surface area (Å²) >= 11 is 0. The number of halogens is 3. The van der Waals surface area contributed by atoms with E-state index < -0.39 is 12.3 Å². The third-order valence-electron chi connectivity index (χ3n) is 4.80. The smallest absolute Gasteiger partial charge is 0.423 e. The second-order valence-corrected chi connectivity index (χ2v) is 7.83. The third-order valence-corrected chi connectivity index (χ3v) is 4.80. The zero-order valence-corrected chi connectivity index (χ0v) is 18.5. The van der Waals surface area contributed by atoms with E-state index in [1.54, 1.807) is 18.2 Å². The van der Waals surface area contributed by atoms with Crippen molar-refractivity contribution >= 4 is 11.8 Å². The lowest BCUT2D eigenvalue weighted by Gasteiger charge is -2.18. The summed E-state index contributed by atoms with van der Waals surface area (Å²) in [5.74, 6) is -0.296. The van der Waals surface area contributed by atoms with E-state index in [2.05, 4.69) is 14.8 Å². The van der Waals surface area contributed by atoms with Crippen LogP contribution in [0.3, 0.4) is 0 Å². The van der Waals surface area contributed by atoms with E-state index in [9.17, 15) is 18.0 Å². The molecule has 0 unspecified atom stereocenters. The van der Waals surface area contributed by atoms with E-state index in [4.69, 9.17) is 9.15 Å². The number of nitrogens with zero attached hydrogens (tertiary/aromatic N) is 4. The highest BCUT2D eigenvalue weighted by Crippen LogP contribution is 2.28. The SMILES string of the molecule is CC(C)c1c(C(=O)N(C)Cc2cccc(OC(F)(F)F)c2)oc2nc(Oc3ccccc3)nn12. The zero-order valence-electron chi connectivity index (χ0n) is 18.5. The number of fused-ring (bicyclic) bond motifs is 1. The molecule has 0 aliphatic rings. The summed E-state index contributed by atoms with van der Waals surface area (Å²) in [7, 11) is 1.52. The third kappa shape index (κ3) is 5.13. The van der Waals surface area contributed by atoms with Gasteiger partial charge in [0.25, 0.3) is 5.91 Å². The molecule has 0 saturated carbocycles. The number of aromatic nitrogens is 3. The summed E-state index contributed by atoms with van der Waals surface area (Å²) in [6.07, 6.45) is -4.80. The van der Waals surface area contributed by atoms with Crippen LogP contribution in [-0.2, 0) is 6.54 Å².